The molecule has 0 saturated carbocycles. The first kappa shape index (κ1) is 17.5. The van der Waals surface area contributed by atoms with Crippen molar-refractivity contribution in [1.82, 2.24) is 10.2 Å². The van der Waals surface area contributed by atoms with Gasteiger partial charge < -0.3 is 15.0 Å². The molecule has 0 unspecified atom stereocenters. The summed E-state index contributed by atoms with van der Waals surface area (Å²) in [5.41, 5.74) is 1.22. The summed E-state index contributed by atoms with van der Waals surface area (Å²) in [6.45, 7) is 7.76. The van der Waals surface area contributed by atoms with Gasteiger partial charge in [-0.2, -0.15) is 0 Å². The molecule has 21 heavy (non-hydrogen) atoms. The first-order valence-electron chi connectivity index (χ1n) is 7.45. The third-order valence-corrected chi connectivity index (χ3v) is 3.07. The Morgan fingerprint density at radius 2 is 1.90 bits per heavy atom. The Bertz CT molecular complexity index is 450. The zero-order chi connectivity index (χ0) is 15.9. The quantitative estimate of drug-likeness (QED) is 0.786. The van der Waals surface area contributed by atoms with E-state index in [1.165, 1.54) is 0 Å². The summed E-state index contributed by atoms with van der Waals surface area (Å²) in [5, 5.41) is 3.46. The number of nitrogens with one attached hydrogen (secondary N) is 1. The van der Waals surface area contributed by atoms with E-state index in [1.807, 2.05) is 18.2 Å². The van der Waals surface area contributed by atoms with Gasteiger partial charge in [-0.1, -0.05) is 18.2 Å². The van der Waals surface area contributed by atoms with Crippen molar-refractivity contribution >= 4 is 5.91 Å². The Kier molecular flexibility index (Phi) is 6.69. The molecule has 0 radical (unpaired) electrons. The zero-order valence-electron chi connectivity index (χ0n) is 13.9. The van der Waals surface area contributed by atoms with Gasteiger partial charge >= 0.3 is 0 Å². The van der Waals surface area contributed by atoms with E-state index in [9.17, 15) is 4.79 Å². The largest absolute Gasteiger partial charge is 0.493 e. The smallest absolute Gasteiger partial charge is 0.222 e. The lowest BCUT2D eigenvalue weighted by Gasteiger charge is -2.21. The lowest BCUT2D eigenvalue weighted by atomic mass is 10.1. The van der Waals surface area contributed by atoms with Gasteiger partial charge in [0.15, 0.2) is 0 Å². The molecule has 0 aliphatic heterocycles. The number of carbonyl (C=O) groups is 1. The summed E-state index contributed by atoms with van der Waals surface area (Å²) in [4.78, 5) is 13.1. The molecule has 0 bridgehead atoms. The van der Waals surface area contributed by atoms with Crippen LogP contribution in [0.2, 0.25) is 0 Å². The van der Waals surface area contributed by atoms with Crippen molar-refractivity contribution in [2.45, 2.75) is 45.7 Å². The summed E-state index contributed by atoms with van der Waals surface area (Å²) in [6, 6.07) is 8.04. The van der Waals surface area contributed by atoms with Crippen LogP contribution in [-0.4, -0.2) is 37.0 Å². The van der Waals surface area contributed by atoms with Gasteiger partial charge in [-0.05, 0) is 33.3 Å². The average Bonchev–Trinajstić information content (AvgIpc) is 2.41. The number of rotatable bonds is 7. The van der Waals surface area contributed by atoms with Gasteiger partial charge in [-0.15, -0.1) is 0 Å². The Hall–Kier alpha value is -1.55. The van der Waals surface area contributed by atoms with Crippen LogP contribution in [0.4, 0.5) is 0 Å². The second-order valence-corrected chi connectivity index (χ2v) is 6.45. The predicted octanol–water partition coefficient (Wildman–Crippen LogP) is 2.82. The Morgan fingerprint density at radius 3 is 2.52 bits per heavy atom. The Balaban J connectivity index is 2.46. The molecule has 0 fully saturated rings. The molecule has 0 atom stereocenters. The average molecular weight is 292 g/mol. The van der Waals surface area contributed by atoms with E-state index in [1.54, 1.807) is 19.0 Å². The molecule has 1 rings (SSSR count). The van der Waals surface area contributed by atoms with E-state index in [0.29, 0.717) is 13.0 Å². The molecule has 1 aromatic carbocycles. The number of hydrogen-bond donors (Lipinski definition) is 1. The van der Waals surface area contributed by atoms with Crippen LogP contribution in [0.1, 0.15) is 39.2 Å². The summed E-state index contributed by atoms with van der Waals surface area (Å²) < 4.78 is 5.82. The third-order valence-electron chi connectivity index (χ3n) is 3.07. The highest BCUT2D eigenvalue weighted by Gasteiger charge is 2.11. The maximum atomic E-state index is 11.5. The minimum atomic E-state index is 0.0746. The molecule has 0 aliphatic rings. The second kappa shape index (κ2) is 8.03. The molecule has 1 amide bonds. The Labute approximate surface area is 128 Å². The van der Waals surface area contributed by atoms with Crippen LogP contribution in [-0.2, 0) is 11.3 Å². The number of hydrogen-bond acceptors (Lipinski definition) is 3. The lowest BCUT2D eigenvalue weighted by molar-refractivity contribution is -0.128. The van der Waals surface area contributed by atoms with Crippen molar-refractivity contribution in [3.05, 3.63) is 29.8 Å². The number of ether oxygens (including phenoxy) is 1. The van der Waals surface area contributed by atoms with Crippen LogP contribution in [0.15, 0.2) is 24.3 Å². The van der Waals surface area contributed by atoms with Crippen molar-refractivity contribution in [3.63, 3.8) is 0 Å². The molecule has 0 spiro atoms. The standard InChI is InChI=1S/C17H28N2O2/c1-17(2,3)18-13-14-9-6-7-10-15(14)21-12-8-11-16(20)19(4)5/h6-7,9-10,18H,8,11-13H2,1-5H3. The van der Waals surface area contributed by atoms with Gasteiger partial charge in [-0.3, -0.25) is 4.79 Å². The number of amides is 1. The van der Waals surface area contributed by atoms with Crippen LogP contribution >= 0.6 is 0 Å². The third kappa shape index (κ3) is 7.14. The summed E-state index contributed by atoms with van der Waals surface area (Å²) >= 11 is 0. The topological polar surface area (TPSA) is 41.6 Å². The van der Waals surface area contributed by atoms with E-state index in [-0.39, 0.29) is 11.4 Å². The van der Waals surface area contributed by atoms with Gasteiger partial charge in [0, 0.05) is 38.2 Å². The van der Waals surface area contributed by atoms with Gasteiger partial charge in [0.2, 0.25) is 5.91 Å². The summed E-state index contributed by atoms with van der Waals surface area (Å²) in [5.74, 6) is 1.04. The number of nitrogens with zero attached hydrogens (tertiary/aromatic N) is 1. The molecule has 118 valence electrons. The zero-order valence-corrected chi connectivity index (χ0v) is 13.9. The Morgan fingerprint density at radius 1 is 1.24 bits per heavy atom. The minimum Gasteiger partial charge on any atom is -0.493 e. The molecular weight excluding hydrogens is 264 g/mol. The van der Waals surface area contributed by atoms with Crippen molar-refractivity contribution in [2.24, 2.45) is 0 Å². The van der Waals surface area contributed by atoms with E-state index in [2.05, 4.69) is 32.2 Å². The normalized spacial score (nSPS) is 11.3. The van der Waals surface area contributed by atoms with Crippen LogP contribution in [0.25, 0.3) is 0 Å². The molecule has 0 aliphatic carbocycles. The monoisotopic (exact) mass is 292 g/mol. The highest BCUT2D eigenvalue weighted by Crippen LogP contribution is 2.19. The molecular formula is C17H28N2O2. The van der Waals surface area contributed by atoms with E-state index < -0.39 is 0 Å². The van der Waals surface area contributed by atoms with E-state index in [4.69, 9.17) is 4.74 Å². The maximum absolute atomic E-state index is 11.5. The van der Waals surface area contributed by atoms with Crippen LogP contribution in [0.5, 0.6) is 5.75 Å². The van der Waals surface area contributed by atoms with Crippen molar-refractivity contribution in [3.8, 4) is 5.75 Å². The van der Waals surface area contributed by atoms with E-state index >= 15 is 0 Å². The summed E-state index contributed by atoms with van der Waals surface area (Å²) in [6.07, 6.45) is 1.26. The van der Waals surface area contributed by atoms with Crippen molar-refractivity contribution < 1.29 is 9.53 Å². The van der Waals surface area contributed by atoms with Gasteiger partial charge in [0.1, 0.15) is 5.75 Å². The molecule has 4 heteroatoms. The summed E-state index contributed by atoms with van der Waals surface area (Å²) in [7, 11) is 3.55. The van der Waals surface area contributed by atoms with Crippen LogP contribution < -0.4 is 10.1 Å². The first-order chi connectivity index (χ1) is 9.79. The molecule has 0 aromatic heterocycles. The van der Waals surface area contributed by atoms with Gasteiger partial charge in [0.05, 0.1) is 6.61 Å². The number of benzene rings is 1. The fourth-order valence-electron chi connectivity index (χ4n) is 1.78. The molecule has 4 nitrogen and oxygen atoms in total. The SMILES string of the molecule is CN(C)C(=O)CCCOc1ccccc1CNC(C)(C)C. The number of carbonyl (C=O) groups excluding carboxylic acids is 1. The van der Waals surface area contributed by atoms with Gasteiger partial charge in [-0.25, -0.2) is 0 Å². The molecule has 1 aromatic rings. The molecule has 0 heterocycles. The molecule has 1 N–H and O–H groups in total. The molecule has 0 saturated heterocycles. The van der Waals surface area contributed by atoms with Crippen LogP contribution in [0, 0.1) is 0 Å². The second-order valence-electron chi connectivity index (χ2n) is 6.45. The predicted molar refractivity (Wildman–Crippen MR) is 86.5 cm³/mol. The first-order valence-corrected chi connectivity index (χ1v) is 7.45. The highest BCUT2D eigenvalue weighted by molar-refractivity contribution is 5.75. The highest BCUT2D eigenvalue weighted by atomic mass is 16.5. The van der Waals surface area contributed by atoms with Crippen molar-refractivity contribution in [1.29, 1.82) is 0 Å². The van der Waals surface area contributed by atoms with Gasteiger partial charge in [0.25, 0.3) is 0 Å². The maximum Gasteiger partial charge on any atom is 0.222 e. The fourth-order valence-corrected chi connectivity index (χ4v) is 1.78. The number of para-hydroxylation sites is 1. The van der Waals surface area contributed by atoms with E-state index in [0.717, 1.165) is 24.3 Å². The van der Waals surface area contributed by atoms with Crippen molar-refractivity contribution in [2.75, 3.05) is 20.7 Å². The fraction of sp³-hybridized carbons (Fsp3) is 0.588. The lowest BCUT2D eigenvalue weighted by Crippen LogP contribution is -2.35. The van der Waals surface area contributed by atoms with Crippen LogP contribution in [0.3, 0.4) is 0 Å². The minimum absolute atomic E-state index is 0.0746.